The van der Waals surface area contributed by atoms with Crippen molar-refractivity contribution >= 4 is 20.5 Å². The topological polar surface area (TPSA) is 26.3 Å². The molecule has 0 rings (SSSR count). The average molecular weight is 198 g/mol. The molecule has 0 saturated heterocycles. The summed E-state index contributed by atoms with van der Waals surface area (Å²) in [4.78, 5) is 10.3. The lowest BCUT2D eigenvalue weighted by molar-refractivity contribution is -0.190. The highest BCUT2D eigenvalue weighted by atomic mass is 27.2. The lowest BCUT2D eigenvalue weighted by Gasteiger charge is -2.11. The van der Waals surface area contributed by atoms with Gasteiger partial charge in [-0.05, 0) is 0 Å². The monoisotopic (exact) mass is 198 g/mol. The smallest absolute Gasteiger partial charge is 0.548 e. The Morgan fingerprint density at radius 2 is 1.75 bits per heavy atom. The normalized spacial score (nSPS) is 11.1. The summed E-state index contributed by atoms with van der Waals surface area (Å²) in [5.74, 6) is -2.04. The quantitative estimate of drug-likeness (QED) is 0.649. The predicted molar refractivity (Wildman–Crippen MR) is 38.9 cm³/mol. The molecule has 0 radical (unpaired) electrons. The fourth-order valence-corrected chi connectivity index (χ4v) is 2.02. The van der Waals surface area contributed by atoms with Gasteiger partial charge in [0.1, 0.15) is 0 Å². The Balaban J connectivity index is 3.99. The number of carbonyl (C=O) groups is 1. The molecule has 0 bridgehead atoms. The highest BCUT2D eigenvalue weighted by Crippen LogP contribution is 2.18. The predicted octanol–water partition coefficient (Wildman–Crippen LogP) is 2.12. The molecule has 0 aromatic heterocycles. The Morgan fingerprint density at radius 1 is 1.33 bits per heavy atom. The Hall–Kier alpha value is -0.208. The third kappa shape index (κ3) is 3.98. The first-order valence-corrected chi connectivity index (χ1v) is 5.80. The largest absolute Gasteiger partial charge is 0.609 e. The van der Waals surface area contributed by atoms with Crippen LogP contribution < -0.4 is 0 Å². The zero-order valence-corrected chi connectivity index (χ0v) is 8.10. The van der Waals surface area contributed by atoms with Crippen LogP contribution >= 0.6 is 0 Å². The van der Waals surface area contributed by atoms with E-state index < -0.39 is 26.6 Å². The minimum Gasteiger partial charge on any atom is -0.609 e. The molecule has 0 aromatic rings. The van der Waals surface area contributed by atoms with Crippen LogP contribution in [-0.4, -0.2) is 26.6 Å². The first-order chi connectivity index (χ1) is 5.41. The number of rotatable bonds is 3. The third-order valence-corrected chi connectivity index (χ3v) is 3.78. The Kier molecular flexibility index (Phi) is 4.65. The van der Waals surface area contributed by atoms with E-state index in [4.69, 9.17) is 0 Å². The molecule has 12 heavy (non-hydrogen) atoms. The second-order valence-corrected chi connectivity index (χ2v) is 5.45. The van der Waals surface area contributed by atoms with Gasteiger partial charge in [0.15, 0.2) is 0 Å². The van der Waals surface area contributed by atoms with Gasteiger partial charge in [-0.3, -0.25) is 0 Å². The van der Waals surface area contributed by atoms with E-state index in [1.165, 1.54) is 0 Å². The lowest BCUT2D eigenvalue weighted by atomic mass is 10.7. The number of halogens is 3. The third-order valence-electron chi connectivity index (χ3n) is 1.42. The minimum absolute atomic E-state index is 0.540. The van der Waals surface area contributed by atoms with Crippen LogP contribution in [0, 0.1) is 0 Å². The van der Waals surface area contributed by atoms with Gasteiger partial charge in [-0.1, -0.05) is 24.4 Å². The van der Waals surface area contributed by atoms with E-state index in [0.717, 1.165) is 0 Å². The Labute approximate surface area is 73.4 Å². The van der Waals surface area contributed by atoms with Gasteiger partial charge in [0.05, 0.1) is 0 Å². The van der Waals surface area contributed by atoms with Crippen molar-refractivity contribution in [3.8, 4) is 0 Å². The van der Waals surface area contributed by atoms with Crippen molar-refractivity contribution in [2.75, 3.05) is 0 Å². The van der Waals surface area contributed by atoms with Crippen molar-refractivity contribution in [2.45, 2.75) is 30.6 Å². The molecule has 0 heterocycles. The van der Waals surface area contributed by atoms with Crippen molar-refractivity contribution in [1.29, 1.82) is 0 Å². The van der Waals surface area contributed by atoms with Crippen LogP contribution in [0.5, 0.6) is 0 Å². The number of hydrogen-bond acceptors (Lipinski definition) is 2. The van der Waals surface area contributed by atoms with Gasteiger partial charge >= 0.3 is 26.6 Å². The van der Waals surface area contributed by atoms with Crippen molar-refractivity contribution in [1.82, 2.24) is 0 Å². The first-order valence-electron chi connectivity index (χ1n) is 3.69. The summed E-state index contributed by atoms with van der Waals surface area (Å²) in [6.07, 6.45) is -4.84. The fourth-order valence-electron chi connectivity index (χ4n) is 0.674. The molecule has 0 aliphatic rings. The van der Waals surface area contributed by atoms with Crippen molar-refractivity contribution in [3.05, 3.63) is 0 Å². The molecule has 0 unspecified atom stereocenters. The molecule has 0 amide bonds. The van der Waals surface area contributed by atoms with E-state index in [1.807, 2.05) is 0 Å². The van der Waals surface area contributed by atoms with Crippen LogP contribution in [0.4, 0.5) is 13.2 Å². The van der Waals surface area contributed by atoms with Crippen LogP contribution in [0.15, 0.2) is 0 Å². The minimum atomic E-state index is -4.84. The second kappa shape index (κ2) is 4.73. The highest BCUT2D eigenvalue weighted by Gasteiger charge is 2.42. The standard InChI is InChI=1S/C2HF3O2.2C2H5.Al/c3-2(4,5)1(6)7;2*1-2;/h(H,6,7);2*1H2,2H3;/q;;;+1/p-1. The van der Waals surface area contributed by atoms with Gasteiger partial charge in [0, 0.05) is 0 Å². The average Bonchev–Trinajstić information content (AvgIpc) is 1.97. The van der Waals surface area contributed by atoms with E-state index >= 15 is 0 Å². The van der Waals surface area contributed by atoms with E-state index in [2.05, 4.69) is 3.79 Å². The van der Waals surface area contributed by atoms with E-state index in [-0.39, 0.29) is 0 Å². The molecule has 0 aliphatic heterocycles. The lowest BCUT2D eigenvalue weighted by Crippen LogP contribution is -2.31. The number of alkyl halides is 3. The van der Waals surface area contributed by atoms with Crippen LogP contribution in [0.3, 0.4) is 0 Å². The zero-order chi connectivity index (χ0) is 9.78. The molecule has 70 valence electrons. The molecule has 0 atom stereocenters. The maximum absolute atomic E-state index is 11.6. The molecular formula is C6H10AlF3O2. The van der Waals surface area contributed by atoms with E-state index in [1.54, 1.807) is 13.8 Å². The molecule has 0 aliphatic carbocycles. The van der Waals surface area contributed by atoms with Gasteiger partial charge in [-0.2, -0.15) is 13.2 Å². The first kappa shape index (κ1) is 11.8. The van der Waals surface area contributed by atoms with Gasteiger partial charge in [0.25, 0.3) is 0 Å². The molecule has 0 aromatic carbocycles. The van der Waals surface area contributed by atoms with Crippen LogP contribution in [0.2, 0.25) is 10.6 Å². The van der Waals surface area contributed by atoms with Crippen LogP contribution in [-0.2, 0) is 8.58 Å². The summed E-state index contributed by atoms with van der Waals surface area (Å²) < 4.78 is 39.2. The summed E-state index contributed by atoms with van der Waals surface area (Å²) in [6, 6.07) is 0. The van der Waals surface area contributed by atoms with E-state index in [9.17, 15) is 18.0 Å². The number of hydrogen-bond donors (Lipinski definition) is 0. The molecule has 0 N–H and O–H groups in total. The second-order valence-electron chi connectivity index (χ2n) is 2.34. The maximum Gasteiger partial charge on any atom is 0.548 e. The van der Waals surface area contributed by atoms with Crippen molar-refractivity contribution < 1.29 is 21.8 Å². The SMILES string of the molecule is C[CH2][Al]([CH2]C)[O]C(=O)C(F)(F)F. The van der Waals surface area contributed by atoms with Crippen molar-refractivity contribution in [3.63, 3.8) is 0 Å². The molecular weight excluding hydrogens is 188 g/mol. The Morgan fingerprint density at radius 3 is 2.00 bits per heavy atom. The van der Waals surface area contributed by atoms with Gasteiger partial charge in [0.2, 0.25) is 0 Å². The van der Waals surface area contributed by atoms with Crippen LogP contribution in [0.1, 0.15) is 13.8 Å². The molecule has 0 fully saturated rings. The fraction of sp³-hybridized carbons (Fsp3) is 0.833. The summed E-state index contributed by atoms with van der Waals surface area (Å²) in [5, 5.41) is 1.08. The molecule has 2 nitrogen and oxygen atoms in total. The molecule has 6 heteroatoms. The summed E-state index contributed by atoms with van der Waals surface area (Å²) in [5.41, 5.74) is 0. The molecule has 0 spiro atoms. The zero-order valence-electron chi connectivity index (χ0n) is 6.94. The highest BCUT2D eigenvalue weighted by molar-refractivity contribution is 6.53. The maximum atomic E-state index is 11.6. The van der Waals surface area contributed by atoms with Gasteiger partial charge < -0.3 is 3.79 Å². The summed E-state index contributed by atoms with van der Waals surface area (Å²) >= 11 is -1.92. The van der Waals surface area contributed by atoms with Gasteiger partial charge in [-0.15, -0.1) is 0 Å². The summed E-state index contributed by atoms with van der Waals surface area (Å²) in [7, 11) is 0. The number of carbonyl (C=O) groups excluding carboxylic acids is 1. The van der Waals surface area contributed by atoms with Gasteiger partial charge in [-0.25, -0.2) is 4.79 Å². The Bertz CT molecular complexity index is 153. The van der Waals surface area contributed by atoms with Crippen molar-refractivity contribution in [2.24, 2.45) is 0 Å². The van der Waals surface area contributed by atoms with Crippen LogP contribution in [0.25, 0.3) is 0 Å². The summed E-state index contributed by atoms with van der Waals surface area (Å²) in [6.45, 7) is 3.45. The van der Waals surface area contributed by atoms with E-state index in [0.29, 0.717) is 10.6 Å². The molecule has 0 saturated carbocycles.